The van der Waals surface area contributed by atoms with Crippen molar-refractivity contribution in [3.05, 3.63) is 21.9 Å². The molecule has 17 heavy (non-hydrogen) atoms. The van der Waals surface area contributed by atoms with Crippen LogP contribution < -0.4 is 5.32 Å². The lowest BCUT2D eigenvalue weighted by atomic mass is 9.92. The lowest BCUT2D eigenvalue weighted by molar-refractivity contribution is 0.0447. The van der Waals surface area contributed by atoms with Crippen LogP contribution in [0.25, 0.3) is 0 Å². The fourth-order valence-corrected chi connectivity index (χ4v) is 2.67. The van der Waals surface area contributed by atoms with Gasteiger partial charge in [-0.05, 0) is 31.9 Å². The van der Waals surface area contributed by atoms with Gasteiger partial charge in [-0.3, -0.25) is 0 Å². The summed E-state index contributed by atoms with van der Waals surface area (Å²) in [6, 6.07) is 3.54. The maximum atomic E-state index is 10.8. The highest BCUT2D eigenvalue weighted by Gasteiger charge is 2.26. The Kier molecular flexibility index (Phi) is 3.81. The Morgan fingerprint density at radius 3 is 2.82 bits per heavy atom. The average Bonchev–Trinajstić information content (AvgIpc) is 2.76. The highest BCUT2D eigenvalue weighted by molar-refractivity contribution is 7.13. The average molecular weight is 255 g/mol. The second kappa shape index (κ2) is 5.16. The van der Waals surface area contributed by atoms with E-state index in [1.807, 2.05) is 6.07 Å². The molecular formula is C12H17NO3S. The Labute approximate surface area is 105 Å². The summed E-state index contributed by atoms with van der Waals surface area (Å²) < 4.78 is 5.34. The minimum Gasteiger partial charge on any atom is -0.477 e. The molecule has 0 spiro atoms. The molecule has 2 N–H and O–H groups in total. The minimum atomic E-state index is -0.849. The van der Waals surface area contributed by atoms with Gasteiger partial charge in [0.05, 0.1) is 0 Å². The van der Waals surface area contributed by atoms with E-state index >= 15 is 0 Å². The van der Waals surface area contributed by atoms with E-state index in [9.17, 15) is 4.79 Å². The Hall–Kier alpha value is -0.910. The molecule has 1 aromatic rings. The van der Waals surface area contributed by atoms with E-state index < -0.39 is 5.97 Å². The van der Waals surface area contributed by atoms with Crippen molar-refractivity contribution in [2.24, 2.45) is 0 Å². The summed E-state index contributed by atoms with van der Waals surface area (Å²) in [6.45, 7) is 4.53. The van der Waals surface area contributed by atoms with Gasteiger partial charge in [-0.2, -0.15) is 0 Å². The number of thiophene rings is 1. The SMILES string of the molecule is CC1(NCc2ccc(C(=O)O)s2)CCOCC1. The quantitative estimate of drug-likeness (QED) is 0.865. The Morgan fingerprint density at radius 2 is 2.24 bits per heavy atom. The van der Waals surface area contributed by atoms with Crippen LogP contribution in [0, 0.1) is 0 Å². The maximum absolute atomic E-state index is 10.8. The number of carboxylic acid groups (broad SMARTS) is 1. The summed E-state index contributed by atoms with van der Waals surface area (Å²) in [6.07, 6.45) is 2.01. The molecule has 0 bridgehead atoms. The highest BCUT2D eigenvalue weighted by Crippen LogP contribution is 2.22. The summed E-state index contributed by atoms with van der Waals surface area (Å²) in [5.41, 5.74) is 0.117. The van der Waals surface area contributed by atoms with Crippen molar-refractivity contribution >= 4 is 17.3 Å². The highest BCUT2D eigenvalue weighted by atomic mass is 32.1. The second-order valence-corrected chi connectivity index (χ2v) is 5.77. The van der Waals surface area contributed by atoms with Gasteiger partial charge in [-0.15, -0.1) is 11.3 Å². The molecule has 4 nitrogen and oxygen atoms in total. The second-order valence-electron chi connectivity index (χ2n) is 4.60. The molecule has 2 rings (SSSR count). The number of aromatic carboxylic acids is 1. The van der Waals surface area contributed by atoms with E-state index in [0.717, 1.165) is 37.5 Å². The fraction of sp³-hybridized carbons (Fsp3) is 0.583. The number of ether oxygens (including phenoxy) is 1. The lowest BCUT2D eigenvalue weighted by Crippen LogP contribution is -2.46. The Balaban J connectivity index is 1.90. The van der Waals surface area contributed by atoms with Crippen molar-refractivity contribution in [1.82, 2.24) is 5.32 Å². The van der Waals surface area contributed by atoms with E-state index in [1.54, 1.807) is 6.07 Å². The number of rotatable bonds is 4. The smallest absolute Gasteiger partial charge is 0.345 e. The molecule has 0 saturated carbocycles. The first kappa shape index (κ1) is 12.5. The molecule has 0 amide bonds. The van der Waals surface area contributed by atoms with E-state index in [-0.39, 0.29) is 5.54 Å². The van der Waals surface area contributed by atoms with Crippen molar-refractivity contribution in [3.8, 4) is 0 Å². The predicted octanol–water partition coefficient (Wildman–Crippen LogP) is 2.11. The monoisotopic (exact) mass is 255 g/mol. The predicted molar refractivity (Wildman–Crippen MR) is 66.6 cm³/mol. The standard InChI is InChI=1S/C12H17NO3S/c1-12(4-6-16-7-5-12)13-8-9-2-3-10(17-9)11(14)15/h2-3,13H,4-8H2,1H3,(H,14,15). The van der Waals surface area contributed by atoms with Gasteiger partial charge in [-0.25, -0.2) is 4.79 Å². The van der Waals surface area contributed by atoms with Crippen molar-refractivity contribution in [1.29, 1.82) is 0 Å². The first-order valence-corrected chi connectivity index (χ1v) is 6.55. The molecular weight excluding hydrogens is 238 g/mol. The molecule has 2 heterocycles. The number of carboxylic acids is 1. The van der Waals surface area contributed by atoms with Crippen LogP contribution in [0.15, 0.2) is 12.1 Å². The minimum absolute atomic E-state index is 0.117. The third kappa shape index (κ3) is 3.28. The normalized spacial score (nSPS) is 19.1. The molecule has 0 radical (unpaired) electrons. The topological polar surface area (TPSA) is 58.6 Å². The van der Waals surface area contributed by atoms with Crippen molar-refractivity contribution in [2.45, 2.75) is 31.8 Å². The van der Waals surface area contributed by atoms with Crippen LogP contribution >= 0.6 is 11.3 Å². The van der Waals surface area contributed by atoms with Crippen molar-refractivity contribution < 1.29 is 14.6 Å². The van der Waals surface area contributed by atoms with Crippen LogP contribution in [0.2, 0.25) is 0 Å². The van der Waals surface area contributed by atoms with Gasteiger partial charge in [0.1, 0.15) is 4.88 Å². The molecule has 1 aliphatic rings. The molecule has 0 unspecified atom stereocenters. The molecule has 0 atom stereocenters. The maximum Gasteiger partial charge on any atom is 0.345 e. The molecule has 0 aromatic carbocycles. The summed E-state index contributed by atoms with van der Waals surface area (Å²) in [4.78, 5) is 12.2. The first-order chi connectivity index (χ1) is 8.09. The van der Waals surface area contributed by atoms with E-state index in [1.165, 1.54) is 11.3 Å². The zero-order valence-corrected chi connectivity index (χ0v) is 10.7. The fourth-order valence-electron chi connectivity index (χ4n) is 1.89. The Morgan fingerprint density at radius 1 is 1.53 bits per heavy atom. The molecule has 1 saturated heterocycles. The zero-order valence-electron chi connectivity index (χ0n) is 9.86. The molecule has 1 aliphatic heterocycles. The van der Waals surface area contributed by atoms with Crippen LogP contribution in [-0.4, -0.2) is 29.8 Å². The van der Waals surface area contributed by atoms with Gasteiger partial charge < -0.3 is 15.2 Å². The molecule has 5 heteroatoms. The molecule has 0 aliphatic carbocycles. The van der Waals surface area contributed by atoms with Crippen molar-refractivity contribution in [2.75, 3.05) is 13.2 Å². The number of hydrogen-bond donors (Lipinski definition) is 2. The number of hydrogen-bond acceptors (Lipinski definition) is 4. The van der Waals surface area contributed by atoms with Crippen LogP contribution in [-0.2, 0) is 11.3 Å². The lowest BCUT2D eigenvalue weighted by Gasteiger charge is -2.34. The van der Waals surface area contributed by atoms with Crippen LogP contribution in [0.5, 0.6) is 0 Å². The van der Waals surface area contributed by atoms with Gasteiger partial charge in [0.15, 0.2) is 0 Å². The van der Waals surface area contributed by atoms with Gasteiger partial charge in [0, 0.05) is 30.2 Å². The van der Waals surface area contributed by atoms with Gasteiger partial charge in [0.25, 0.3) is 0 Å². The van der Waals surface area contributed by atoms with E-state index in [0.29, 0.717) is 4.88 Å². The summed E-state index contributed by atoms with van der Waals surface area (Å²) in [5, 5.41) is 12.3. The van der Waals surface area contributed by atoms with Gasteiger partial charge in [-0.1, -0.05) is 0 Å². The van der Waals surface area contributed by atoms with Crippen LogP contribution in [0.1, 0.15) is 34.3 Å². The number of carbonyl (C=O) groups is 1. The third-order valence-electron chi connectivity index (χ3n) is 3.16. The molecule has 94 valence electrons. The summed E-state index contributed by atoms with van der Waals surface area (Å²) in [5.74, 6) is -0.849. The summed E-state index contributed by atoms with van der Waals surface area (Å²) in [7, 11) is 0. The number of nitrogens with one attached hydrogen (secondary N) is 1. The van der Waals surface area contributed by atoms with Crippen LogP contribution in [0.3, 0.4) is 0 Å². The van der Waals surface area contributed by atoms with Gasteiger partial charge >= 0.3 is 5.97 Å². The molecule has 1 fully saturated rings. The zero-order chi connectivity index (χ0) is 12.3. The molecule has 1 aromatic heterocycles. The van der Waals surface area contributed by atoms with Gasteiger partial charge in [0.2, 0.25) is 0 Å². The summed E-state index contributed by atoms with van der Waals surface area (Å²) >= 11 is 1.33. The van der Waals surface area contributed by atoms with Crippen molar-refractivity contribution in [3.63, 3.8) is 0 Å². The van der Waals surface area contributed by atoms with E-state index in [4.69, 9.17) is 9.84 Å². The van der Waals surface area contributed by atoms with E-state index in [2.05, 4.69) is 12.2 Å². The third-order valence-corrected chi connectivity index (χ3v) is 4.23. The Bertz CT molecular complexity index is 396. The first-order valence-electron chi connectivity index (χ1n) is 5.74. The largest absolute Gasteiger partial charge is 0.477 e. The van der Waals surface area contributed by atoms with Crippen LogP contribution in [0.4, 0.5) is 0 Å².